The molecule has 1 saturated heterocycles. The number of benzene rings is 1. The Bertz CT molecular complexity index is 688. The molecule has 3 rings (SSSR count). The van der Waals surface area contributed by atoms with Crippen LogP contribution in [0.25, 0.3) is 0 Å². The number of hydrogen-bond acceptors (Lipinski definition) is 4. The van der Waals surface area contributed by atoms with Gasteiger partial charge in [0.1, 0.15) is 11.4 Å². The third-order valence-corrected chi connectivity index (χ3v) is 6.00. The summed E-state index contributed by atoms with van der Waals surface area (Å²) in [6.45, 7) is 14.8. The Hall–Kier alpha value is -1.75. The maximum atomic E-state index is 12.4. The van der Waals surface area contributed by atoms with Gasteiger partial charge in [-0.25, -0.2) is 4.79 Å². The van der Waals surface area contributed by atoms with Gasteiger partial charge in [0.05, 0.1) is 6.61 Å². The summed E-state index contributed by atoms with van der Waals surface area (Å²) in [6, 6.07) is 7.08. The number of likely N-dealkylation sites (tertiary alicyclic amines) is 1. The van der Waals surface area contributed by atoms with Crippen molar-refractivity contribution in [2.45, 2.75) is 71.9 Å². The fraction of sp³-hybridized carbons (Fsp3) is 0.708. The first-order valence-corrected chi connectivity index (χ1v) is 11.2. The highest BCUT2D eigenvalue weighted by Crippen LogP contribution is 2.25. The van der Waals surface area contributed by atoms with E-state index in [1.54, 1.807) is 0 Å². The molecule has 0 aliphatic carbocycles. The lowest BCUT2D eigenvalue weighted by Crippen LogP contribution is -2.39. The standard InChI is InChI=1S/C24H38N2O3/c1-18(2)25-12-8-19(9-13-25)17-28-22-7-6-20-10-14-26(15-11-21(20)16-22)23(27)29-24(3,4)5/h6-7,16,18-19H,8-15,17H2,1-5H3. The maximum Gasteiger partial charge on any atom is 0.410 e. The predicted molar refractivity (Wildman–Crippen MR) is 117 cm³/mol. The van der Waals surface area contributed by atoms with Crippen LogP contribution < -0.4 is 4.74 Å². The van der Waals surface area contributed by atoms with Crippen LogP contribution in [0, 0.1) is 5.92 Å². The van der Waals surface area contributed by atoms with E-state index in [4.69, 9.17) is 9.47 Å². The third kappa shape index (κ3) is 6.36. The first kappa shape index (κ1) is 21.9. The summed E-state index contributed by atoms with van der Waals surface area (Å²) < 4.78 is 11.7. The van der Waals surface area contributed by atoms with Crippen molar-refractivity contribution in [3.05, 3.63) is 29.3 Å². The lowest BCUT2D eigenvalue weighted by atomic mass is 9.97. The van der Waals surface area contributed by atoms with Crippen molar-refractivity contribution < 1.29 is 14.3 Å². The Balaban J connectivity index is 1.52. The van der Waals surface area contributed by atoms with Crippen LogP contribution in [-0.2, 0) is 17.6 Å². The third-order valence-electron chi connectivity index (χ3n) is 6.00. The molecule has 162 valence electrons. The quantitative estimate of drug-likeness (QED) is 0.742. The molecule has 0 radical (unpaired) electrons. The summed E-state index contributed by atoms with van der Waals surface area (Å²) >= 11 is 0. The fourth-order valence-electron chi connectivity index (χ4n) is 4.15. The number of carbonyl (C=O) groups excluding carboxylic acids is 1. The van der Waals surface area contributed by atoms with Crippen LogP contribution in [0.1, 0.15) is 58.6 Å². The molecule has 5 nitrogen and oxygen atoms in total. The Kier molecular flexibility index (Phi) is 7.10. The monoisotopic (exact) mass is 402 g/mol. The molecule has 0 spiro atoms. The lowest BCUT2D eigenvalue weighted by Gasteiger charge is -2.34. The predicted octanol–water partition coefficient (Wildman–Crippen LogP) is 4.52. The van der Waals surface area contributed by atoms with E-state index in [1.165, 1.54) is 37.1 Å². The molecule has 5 heteroatoms. The number of hydrogen-bond donors (Lipinski definition) is 0. The molecule has 29 heavy (non-hydrogen) atoms. The minimum atomic E-state index is -0.456. The molecule has 0 unspecified atom stereocenters. The summed E-state index contributed by atoms with van der Waals surface area (Å²) in [5, 5.41) is 0. The molecular weight excluding hydrogens is 364 g/mol. The SMILES string of the molecule is CC(C)N1CCC(COc2ccc3c(c2)CCN(C(=O)OC(C)(C)C)CC3)CC1. The van der Waals surface area contributed by atoms with Crippen molar-refractivity contribution in [2.24, 2.45) is 5.92 Å². The second-order valence-corrected chi connectivity index (χ2v) is 9.78. The zero-order valence-electron chi connectivity index (χ0n) is 18.9. The number of carbonyl (C=O) groups is 1. The molecule has 0 aromatic heterocycles. The average molecular weight is 403 g/mol. The summed E-state index contributed by atoms with van der Waals surface area (Å²) in [6.07, 6.45) is 3.93. The molecule has 0 N–H and O–H groups in total. The fourth-order valence-corrected chi connectivity index (χ4v) is 4.15. The van der Waals surface area contributed by atoms with Crippen LogP contribution in [0.3, 0.4) is 0 Å². The minimum Gasteiger partial charge on any atom is -0.493 e. The second kappa shape index (κ2) is 9.38. The van der Waals surface area contributed by atoms with Crippen LogP contribution in [0.15, 0.2) is 18.2 Å². The number of ether oxygens (including phenoxy) is 2. The van der Waals surface area contributed by atoms with Crippen LogP contribution in [0.5, 0.6) is 5.75 Å². The second-order valence-electron chi connectivity index (χ2n) is 9.78. The van der Waals surface area contributed by atoms with Crippen LogP contribution in [0.2, 0.25) is 0 Å². The van der Waals surface area contributed by atoms with Gasteiger partial charge in [0, 0.05) is 19.1 Å². The zero-order chi connectivity index (χ0) is 21.0. The van der Waals surface area contributed by atoms with Gasteiger partial charge in [-0.1, -0.05) is 6.07 Å². The first-order chi connectivity index (χ1) is 13.7. The van der Waals surface area contributed by atoms with Gasteiger partial charge in [-0.2, -0.15) is 0 Å². The highest BCUT2D eigenvalue weighted by molar-refractivity contribution is 5.68. The van der Waals surface area contributed by atoms with E-state index in [2.05, 4.69) is 36.9 Å². The number of amides is 1. The Labute approximate surface area is 176 Å². The van der Waals surface area contributed by atoms with Crippen molar-refractivity contribution in [1.29, 1.82) is 0 Å². The molecule has 2 heterocycles. The Morgan fingerprint density at radius 2 is 1.72 bits per heavy atom. The minimum absolute atomic E-state index is 0.213. The van der Waals surface area contributed by atoms with Gasteiger partial charge >= 0.3 is 6.09 Å². The van der Waals surface area contributed by atoms with Gasteiger partial charge in [0.25, 0.3) is 0 Å². The number of piperidine rings is 1. The van der Waals surface area contributed by atoms with Gasteiger partial charge in [0.15, 0.2) is 0 Å². The van der Waals surface area contributed by atoms with Crippen molar-refractivity contribution in [3.8, 4) is 5.75 Å². The highest BCUT2D eigenvalue weighted by atomic mass is 16.6. The number of nitrogens with zero attached hydrogens (tertiary/aromatic N) is 2. The van der Waals surface area contributed by atoms with E-state index in [1.807, 2.05) is 25.7 Å². The summed E-state index contributed by atoms with van der Waals surface area (Å²) in [5.74, 6) is 1.60. The van der Waals surface area contributed by atoms with E-state index in [-0.39, 0.29) is 6.09 Å². The molecule has 1 aromatic rings. The summed E-state index contributed by atoms with van der Waals surface area (Å²) in [4.78, 5) is 16.8. The zero-order valence-corrected chi connectivity index (χ0v) is 18.9. The van der Waals surface area contributed by atoms with Gasteiger partial charge in [-0.3, -0.25) is 0 Å². The van der Waals surface area contributed by atoms with Crippen molar-refractivity contribution >= 4 is 6.09 Å². The normalized spacial score (nSPS) is 19.0. The number of rotatable bonds is 4. The number of fused-ring (bicyclic) bond motifs is 1. The molecule has 0 saturated carbocycles. The van der Waals surface area contributed by atoms with Gasteiger partial charge < -0.3 is 19.3 Å². The van der Waals surface area contributed by atoms with Crippen LogP contribution in [-0.4, -0.2) is 60.3 Å². The van der Waals surface area contributed by atoms with E-state index < -0.39 is 5.60 Å². The summed E-state index contributed by atoms with van der Waals surface area (Å²) in [5.41, 5.74) is 2.15. The molecule has 0 atom stereocenters. The van der Waals surface area contributed by atoms with Gasteiger partial charge in [-0.05, 0) is 103 Å². The van der Waals surface area contributed by atoms with Gasteiger partial charge in [0.2, 0.25) is 0 Å². The molecule has 2 aliphatic heterocycles. The van der Waals surface area contributed by atoms with E-state index >= 15 is 0 Å². The van der Waals surface area contributed by atoms with Crippen molar-refractivity contribution in [3.63, 3.8) is 0 Å². The Morgan fingerprint density at radius 1 is 1.07 bits per heavy atom. The first-order valence-electron chi connectivity index (χ1n) is 11.2. The lowest BCUT2D eigenvalue weighted by molar-refractivity contribution is 0.0258. The van der Waals surface area contributed by atoms with Crippen molar-refractivity contribution in [2.75, 3.05) is 32.8 Å². The molecule has 1 fully saturated rings. The van der Waals surface area contributed by atoms with E-state index in [9.17, 15) is 4.79 Å². The highest BCUT2D eigenvalue weighted by Gasteiger charge is 2.25. The molecule has 0 bridgehead atoms. The van der Waals surface area contributed by atoms with E-state index in [0.717, 1.165) is 25.2 Å². The van der Waals surface area contributed by atoms with Crippen LogP contribution in [0.4, 0.5) is 4.79 Å². The molecule has 1 aromatic carbocycles. The smallest absolute Gasteiger partial charge is 0.410 e. The molecular formula is C24H38N2O3. The van der Waals surface area contributed by atoms with E-state index in [0.29, 0.717) is 25.0 Å². The van der Waals surface area contributed by atoms with Gasteiger partial charge in [-0.15, -0.1) is 0 Å². The largest absolute Gasteiger partial charge is 0.493 e. The molecule has 1 amide bonds. The van der Waals surface area contributed by atoms with Crippen molar-refractivity contribution in [1.82, 2.24) is 9.80 Å². The Morgan fingerprint density at radius 3 is 2.34 bits per heavy atom. The van der Waals surface area contributed by atoms with Crippen LogP contribution >= 0.6 is 0 Å². The topological polar surface area (TPSA) is 42.0 Å². The maximum absolute atomic E-state index is 12.4. The molecule has 2 aliphatic rings. The average Bonchev–Trinajstić information content (AvgIpc) is 2.87. The summed E-state index contributed by atoms with van der Waals surface area (Å²) in [7, 11) is 0.